The van der Waals surface area contributed by atoms with Crippen LogP contribution in [0, 0.1) is 8.99 Å². The molecule has 2 aromatic carbocycles. The third kappa shape index (κ3) is 8.45. The Morgan fingerprint density at radius 3 is 1.49 bits per heavy atom. The highest BCUT2D eigenvalue weighted by Gasteiger charge is 2.46. The number of Topliss-reactive ketones (excluding diaryl/α,β-unsaturated/α-hetero) is 1. The minimum atomic E-state index is -1.93. The molecule has 6 rings (SSSR count). The number of H-pyrrole nitrogens is 1. The Balaban J connectivity index is 0.000000227. The first-order chi connectivity index (χ1) is 27.9. The zero-order valence-corrected chi connectivity index (χ0v) is 40.0. The van der Waals surface area contributed by atoms with Gasteiger partial charge in [-0.15, -0.1) is 0 Å². The summed E-state index contributed by atoms with van der Waals surface area (Å²) in [7, 11) is 7.57. The summed E-state index contributed by atoms with van der Waals surface area (Å²) in [5, 5.41) is 0. The second kappa shape index (κ2) is 18.2. The molecule has 0 fully saturated rings. The minimum Gasteiger partial charge on any atom is -0.493 e. The lowest BCUT2D eigenvalue weighted by atomic mass is 9.87. The van der Waals surface area contributed by atoms with E-state index >= 15 is 0 Å². The fourth-order valence-electron chi connectivity index (χ4n) is 8.29. The number of carbonyl (C=O) groups excluding carboxylic acids is 1. The maximum Gasteiger partial charge on any atom is 0.203 e. The van der Waals surface area contributed by atoms with Crippen molar-refractivity contribution in [3.8, 4) is 57.0 Å². The van der Waals surface area contributed by atoms with Gasteiger partial charge < -0.3 is 37.6 Å². The minimum absolute atomic E-state index is 0.00471. The number of fused-ring (bicyclic) bond motifs is 2. The number of hydrogen-bond acceptors (Lipinski definition) is 11. The van der Waals surface area contributed by atoms with E-state index < -0.39 is 13.7 Å². The largest absolute Gasteiger partial charge is 0.493 e. The maximum absolute atomic E-state index is 12.7. The molecule has 0 aliphatic carbocycles. The fraction of sp³-hybridized carbons (Fsp3) is 0.432. The number of ketones is 1. The van der Waals surface area contributed by atoms with Crippen molar-refractivity contribution < 1.29 is 33.2 Å². The van der Waals surface area contributed by atoms with E-state index in [0.29, 0.717) is 73.5 Å². The molecule has 0 aliphatic heterocycles. The summed E-state index contributed by atoms with van der Waals surface area (Å²) < 4.78 is 36.3. The lowest BCUT2D eigenvalue weighted by Gasteiger charge is -2.44. The number of nitrogens with one attached hydrogen (secondary N) is 1. The zero-order valence-electron chi connectivity index (χ0n) is 36.8. The molecule has 1 N–H and O–H groups in total. The SMILES string of the molecule is COc1cc(-c2cnc3[nH]cc(C(=O)C(C)(C)C)c3n2)cc(OC)c1OC.COc1cc(-c2cnc3c(n2)c(I)cn3[Si](C(C)C)(C(C)C)C(C)C)cc(OC)c1OC. The van der Waals surface area contributed by atoms with Crippen LogP contribution in [0.25, 0.3) is 44.8 Å². The number of ether oxygens (including phenoxy) is 6. The molecular formula is C44H57IN6O7Si. The van der Waals surface area contributed by atoms with Crippen molar-refractivity contribution >= 4 is 58.9 Å². The van der Waals surface area contributed by atoms with Crippen LogP contribution in [0.15, 0.2) is 49.1 Å². The van der Waals surface area contributed by atoms with Crippen molar-refractivity contribution in [3.63, 3.8) is 0 Å². The average Bonchev–Trinajstić information content (AvgIpc) is 3.78. The highest BCUT2D eigenvalue weighted by Crippen LogP contribution is 2.46. The molecule has 59 heavy (non-hydrogen) atoms. The highest BCUT2D eigenvalue weighted by molar-refractivity contribution is 14.1. The predicted octanol–water partition coefficient (Wildman–Crippen LogP) is 10.6. The van der Waals surface area contributed by atoms with Crippen molar-refractivity contribution in [1.82, 2.24) is 29.2 Å². The van der Waals surface area contributed by atoms with Gasteiger partial charge in [0, 0.05) is 28.9 Å². The number of methoxy groups -OCH3 is 6. The number of hydrogen-bond donors (Lipinski definition) is 1. The number of carbonyl (C=O) groups is 1. The molecule has 0 bridgehead atoms. The molecular weight excluding hydrogens is 880 g/mol. The van der Waals surface area contributed by atoms with Gasteiger partial charge in [0.15, 0.2) is 48.3 Å². The monoisotopic (exact) mass is 936 g/mol. The van der Waals surface area contributed by atoms with E-state index in [2.05, 4.69) is 89.5 Å². The van der Waals surface area contributed by atoms with Crippen molar-refractivity contribution in [2.45, 2.75) is 78.9 Å². The van der Waals surface area contributed by atoms with Crippen LogP contribution < -0.4 is 28.4 Å². The summed E-state index contributed by atoms with van der Waals surface area (Å²) in [4.78, 5) is 34.8. The van der Waals surface area contributed by atoms with Crippen LogP contribution in [0.1, 0.15) is 72.7 Å². The summed E-state index contributed by atoms with van der Waals surface area (Å²) in [5.41, 5.74) is 7.76. The van der Waals surface area contributed by atoms with Crippen LogP contribution in [0.3, 0.4) is 0 Å². The summed E-state index contributed by atoms with van der Waals surface area (Å²) in [6.45, 7) is 19.8. The van der Waals surface area contributed by atoms with Gasteiger partial charge in [-0.25, -0.2) is 19.9 Å². The Hall–Kier alpha value is -4.90. The lowest BCUT2D eigenvalue weighted by Crippen LogP contribution is -2.51. The molecule has 0 amide bonds. The molecule has 0 saturated carbocycles. The molecule has 316 valence electrons. The van der Waals surface area contributed by atoms with Crippen LogP contribution in [0.5, 0.6) is 34.5 Å². The number of nitrogens with zero attached hydrogens (tertiary/aromatic N) is 5. The first-order valence-electron chi connectivity index (χ1n) is 19.5. The van der Waals surface area contributed by atoms with Crippen molar-refractivity contribution in [2.24, 2.45) is 5.41 Å². The normalized spacial score (nSPS) is 11.9. The zero-order chi connectivity index (χ0) is 43.6. The second-order valence-corrected chi connectivity index (χ2v) is 23.1. The molecule has 0 unspecified atom stereocenters. The molecule has 0 atom stereocenters. The number of aromatic amines is 1. The van der Waals surface area contributed by atoms with Crippen LogP contribution in [0.4, 0.5) is 0 Å². The van der Waals surface area contributed by atoms with E-state index in [1.807, 2.05) is 39.1 Å². The van der Waals surface area contributed by atoms with E-state index in [1.165, 1.54) is 0 Å². The van der Waals surface area contributed by atoms with Crippen LogP contribution >= 0.6 is 22.6 Å². The van der Waals surface area contributed by atoms with E-state index in [0.717, 1.165) is 31.6 Å². The molecule has 0 spiro atoms. The van der Waals surface area contributed by atoms with Gasteiger partial charge >= 0.3 is 0 Å². The summed E-state index contributed by atoms with van der Waals surface area (Å²) in [6, 6.07) is 7.43. The van der Waals surface area contributed by atoms with Gasteiger partial charge in [0.2, 0.25) is 11.5 Å². The molecule has 4 heterocycles. The van der Waals surface area contributed by atoms with Gasteiger partial charge in [0.1, 0.15) is 11.0 Å². The lowest BCUT2D eigenvalue weighted by molar-refractivity contribution is 0.0860. The fourth-order valence-corrected chi connectivity index (χ4v) is 15.7. The smallest absolute Gasteiger partial charge is 0.203 e. The first kappa shape index (κ1) is 45.2. The van der Waals surface area contributed by atoms with E-state index in [-0.39, 0.29) is 5.78 Å². The molecule has 13 nitrogen and oxygen atoms in total. The number of aromatic nitrogens is 6. The van der Waals surface area contributed by atoms with Gasteiger partial charge in [-0.2, -0.15) is 0 Å². The Labute approximate surface area is 361 Å². The highest BCUT2D eigenvalue weighted by atomic mass is 127. The quantitative estimate of drug-likeness (QED) is 0.0671. The van der Waals surface area contributed by atoms with Crippen molar-refractivity contribution in [2.75, 3.05) is 42.7 Å². The number of benzene rings is 2. The van der Waals surface area contributed by atoms with E-state index in [9.17, 15) is 4.79 Å². The van der Waals surface area contributed by atoms with Gasteiger partial charge in [0.05, 0.1) is 75.6 Å². The second-order valence-electron chi connectivity index (χ2n) is 16.2. The molecule has 0 radical (unpaired) electrons. The van der Waals surface area contributed by atoms with Crippen molar-refractivity contribution in [3.05, 3.63) is 58.2 Å². The predicted molar refractivity (Wildman–Crippen MR) is 245 cm³/mol. The summed E-state index contributed by atoms with van der Waals surface area (Å²) >= 11 is 2.39. The molecule has 4 aromatic heterocycles. The Morgan fingerprint density at radius 1 is 0.678 bits per heavy atom. The van der Waals surface area contributed by atoms with Gasteiger partial charge in [-0.1, -0.05) is 62.3 Å². The maximum atomic E-state index is 12.7. The Morgan fingerprint density at radius 2 is 1.10 bits per heavy atom. The summed E-state index contributed by atoms with van der Waals surface area (Å²) in [6.07, 6.45) is 7.44. The first-order valence-corrected chi connectivity index (χ1v) is 22.7. The van der Waals surface area contributed by atoms with Crippen LogP contribution in [-0.2, 0) is 0 Å². The standard InChI is InChI=1S/C24H34IN3O3Si.C20H23N3O4/c1-14(2)32(15(3)4,16(5)6)28-13-18(25)22-24(28)26-12-19(27-22)17-10-20(29-7)23(31-9)21(11-17)30-8;1-20(2,3)18(24)12-9-21-19-16(12)23-13(10-22-19)11-7-14(25-4)17(27-6)15(8-11)26-5/h10-16H,1-9H3;7-10H,1-6H3,(H,21,22). The van der Waals surface area contributed by atoms with Gasteiger partial charge in [-0.3, -0.25) is 4.79 Å². The average molecular weight is 937 g/mol. The topological polar surface area (TPSA) is 145 Å². The molecule has 0 saturated heterocycles. The molecule has 15 heteroatoms. The van der Waals surface area contributed by atoms with Gasteiger partial charge in [-0.05, 0) is 63.5 Å². The van der Waals surface area contributed by atoms with Crippen LogP contribution in [-0.4, -0.2) is 85.8 Å². The van der Waals surface area contributed by atoms with E-state index in [1.54, 1.807) is 67.2 Å². The number of halogens is 1. The van der Waals surface area contributed by atoms with Crippen molar-refractivity contribution in [1.29, 1.82) is 0 Å². The third-order valence-corrected chi connectivity index (χ3v) is 18.4. The molecule has 6 aromatic rings. The Bertz CT molecular complexity index is 2380. The summed E-state index contributed by atoms with van der Waals surface area (Å²) in [5.74, 6) is 3.31. The third-order valence-electron chi connectivity index (χ3n) is 10.9. The van der Waals surface area contributed by atoms with E-state index in [4.69, 9.17) is 38.4 Å². The number of rotatable bonds is 13. The van der Waals surface area contributed by atoms with Crippen LogP contribution in [0.2, 0.25) is 16.6 Å². The van der Waals surface area contributed by atoms with Gasteiger partial charge in [0.25, 0.3) is 0 Å². The Kier molecular flexibility index (Phi) is 13.9. The molecule has 0 aliphatic rings.